The van der Waals surface area contributed by atoms with Crippen molar-refractivity contribution in [3.63, 3.8) is 0 Å². The van der Waals surface area contributed by atoms with Gasteiger partial charge in [0, 0.05) is 19.7 Å². The number of aliphatic hydroxyl groups is 1. The molecule has 0 bridgehead atoms. The Morgan fingerprint density at radius 3 is 2.47 bits per heavy atom. The molecule has 2 N–H and O–H groups in total. The summed E-state index contributed by atoms with van der Waals surface area (Å²) in [5.74, 6) is 0. The predicted molar refractivity (Wildman–Crippen MR) is 116 cm³/mol. The maximum absolute atomic E-state index is 12.4. The van der Waals surface area contributed by atoms with Crippen molar-refractivity contribution in [3.8, 4) is 0 Å². The lowest BCUT2D eigenvalue weighted by molar-refractivity contribution is 0.0487. The lowest BCUT2D eigenvalue weighted by Gasteiger charge is -2.30. The number of ether oxygens (including phenoxy) is 2. The molecule has 2 aromatic rings. The fraction of sp³-hybridized carbons (Fsp3) is 0.458. The van der Waals surface area contributed by atoms with Gasteiger partial charge in [-0.25, -0.2) is 4.79 Å². The first-order chi connectivity index (χ1) is 14.7. The molecule has 1 aliphatic rings. The van der Waals surface area contributed by atoms with Crippen LogP contribution in [0.3, 0.4) is 0 Å². The lowest BCUT2D eigenvalue weighted by Crippen LogP contribution is -2.50. The van der Waals surface area contributed by atoms with Crippen LogP contribution < -0.4 is 5.32 Å². The SMILES string of the molecule is COC[C@@H]1CCCN1C[C@@H](O)[C@H](Cc1ccccc1)NC(=O)OCc1ccccc1. The van der Waals surface area contributed by atoms with E-state index in [2.05, 4.69) is 10.2 Å². The van der Waals surface area contributed by atoms with Crippen LogP contribution in [-0.2, 0) is 22.5 Å². The van der Waals surface area contributed by atoms with E-state index in [1.807, 2.05) is 60.7 Å². The molecule has 6 nitrogen and oxygen atoms in total. The van der Waals surface area contributed by atoms with Crippen molar-refractivity contribution in [3.05, 3.63) is 71.8 Å². The third-order valence-electron chi connectivity index (χ3n) is 5.56. The number of aliphatic hydroxyl groups excluding tert-OH is 1. The van der Waals surface area contributed by atoms with E-state index in [0.29, 0.717) is 25.6 Å². The van der Waals surface area contributed by atoms with Crippen molar-refractivity contribution >= 4 is 6.09 Å². The summed E-state index contributed by atoms with van der Waals surface area (Å²) in [4.78, 5) is 14.7. The molecule has 1 fully saturated rings. The number of β-amino-alcohol motifs (C(OH)–C–C–N with tert-alkyl or cyclic N) is 1. The number of benzene rings is 2. The summed E-state index contributed by atoms with van der Waals surface area (Å²) in [6.07, 6.45) is 1.46. The van der Waals surface area contributed by atoms with Gasteiger partial charge in [-0.1, -0.05) is 60.7 Å². The third-order valence-corrected chi connectivity index (χ3v) is 5.56. The smallest absolute Gasteiger partial charge is 0.407 e. The Balaban J connectivity index is 1.61. The van der Waals surface area contributed by atoms with Crippen LogP contribution in [0.15, 0.2) is 60.7 Å². The second-order valence-corrected chi connectivity index (χ2v) is 7.82. The quantitative estimate of drug-likeness (QED) is 0.628. The Bertz CT molecular complexity index is 756. The summed E-state index contributed by atoms with van der Waals surface area (Å²) in [5.41, 5.74) is 1.98. The molecule has 3 rings (SSSR count). The zero-order chi connectivity index (χ0) is 21.2. The molecule has 1 amide bonds. The fourth-order valence-electron chi connectivity index (χ4n) is 3.95. The van der Waals surface area contributed by atoms with Gasteiger partial charge in [0.05, 0.1) is 18.8 Å². The molecule has 162 valence electrons. The molecule has 0 radical (unpaired) electrons. The summed E-state index contributed by atoms with van der Waals surface area (Å²) in [7, 11) is 1.70. The third kappa shape index (κ3) is 6.83. The Morgan fingerprint density at radius 2 is 1.80 bits per heavy atom. The average molecular weight is 413 g/mol. The number of rotatable bonds is 10. The lowest BCUT2D eigenvalue weighted by atomic mass is 10.0. The van der Waals surface area contributed by atoms with Gasteiger partial charge in [0.1, 0.15) is 6.61 Å². The van der Waals surface area contributed by atoms with Crippen LogP contribution in [0.1, 0.15) is 24.0 Å². The van der Waals surface area contributed by atoms with E-state index in [4.69, 9.17) is 9.47 Å². The summed E-state index contributed by atoms with van der Waals surface area (Å²) in [6, 6.07) is 19.3. The van der Waals surface area contributed by atoms with Gasteiger partial charge in [-0.2, -0.15) is 0 Å². The maximum atomic E-state index is 12.4. The topological polar surface area (TPSA) is 71.0 Å². The molecule has 0 aliphatic carbocycles. The first kappa shape index (κ1) is 22.3. The minimum absolute atomic E-state index is 0.197. The Hall–Kier alpha value is -2.41. The Kier molecular flexibility index (Phi) is 8.68. The second-order valence-electron chi connectivity index (χ2n) is 7.82. The summed E-state index contributed by atoms with van der Waals surface area (Å²) in [5, 5.41) is 13.9. The standard InChI is InChI=1S/C24H32N2O4/c1-29-18-21-13-8-14-26(21)16-23(27)22(15-19-9-4-2-5-10-19)25-24(28)30-17-20-11-6-3-7-12-20/h2-7,9-12,21-23,27H,8,13-18H2,1H3,(H,25,28)/t21-,22-,23+/m0/s1. The summed E-state index contributed by atoms with van der Waals surface area (Å²) in [6.45, 7) is 2.28. The van der Waals surface area contributed by atoms with E-state index < -0.39 is 18.2 Å². The number of hydrogen-bond donors (Lipinski definition) is 2. The minimum atomic E-state index is -0.716. The van der Waals surface area contributed by atoms with Crippen molar-refractivity contribution < 1.29 is 19.4 Å². The van der Waals surface area contributed by atoms with E-state index in [1.54, 1.807) is 7.11 Å². The van der Waals surface area contributed by atoms with Gasteiger partial charge in [0.2, 0.25) is 0 Å². The zero-order valence-corrected chi connectivity index (χ0v) is 17.6. The number of alkyl carbamates (subject to hydrolysis) is 1. The van der Waals surface area contributed by atoms with Crippen molar-refractivity contribution in [1.29, 1.82) is 0 Å². The number of hydrogen-bond acceptors (Lipinski definition) is 5. The monoisotopic (exact) mass is 412 g/mol. The molecule has 0 aromatic heterocycles. The Morgan fingerprint density at radius 1 is 1.13 bits per heavy atom. The molecule has 0 saturated carbocycles. The van der Waals surface area contributed by atoms with Crippen LogP contribution in [0.2, 0.25) is 0 Å². The van der Waals surface area contributed by atoms with Crippen molar-refractivity contribution in [1.82, 2.24) is 10.2 Å². The highest BCUT2D eigenvalue weighted by Crippen LogP contribution is 2.19. The van der Waals surface area contributed by atoms with Gasteiger partial charge >= 0.3 is 6.09 Å². The average Bonchev–Trinajstić information content (AvgIpc) is 3.20. The number of carbonyl (C=O) groups excluding carboxylic acids is 1. The molecule has 30 heavy (non-hydrogen) atoms. The van der Waals surface area contributed by atoms with E-state index in [-0.39, 0.29) is 6.61 Å². The molecular weight excluding hydrogens is 380 g/mol. The molecule has 6 heteroatoms. The van der Waals surface area contributed by atoms with Gasteiger partial charge in [0.15, 0.2) is 0 Å². The molecule has 1 saturated heterocycles. The number of amides is 1. The fourth-order valence-corrected chi connectivity index (χ4v) is 3.95. The molecule has 1 heterocycles. The van der Waals surface area contributed by atoms with Gasteiger partial charge in [-0.05, 0) is 36.9 Å². The van der Waals surface area contributed by atoms with E-state index >= 15 is 0 Å². The van der Waals surface area contributed by atoms with Gasteiger partial charge in [0.25, 0.3) is 0 Å². The summed E-state index contributed by atoms with van der Waals surface area (Å²) < 4.78 is 10.7. The van der Waals surface area contributed by atoms with Crippen LogP contribution in [0, 0.1) is 0 Å². The molecular formula is C24H32N2O4. The van der Waals surface area contributed by atoms with Crippen LogP contribution >= 0.6 is 0 Å². The van der Waals surface area contributed by atoms with E-state index in [1.165, 1.54) is 0 Å². The molecule has 3 atom stereocenters. The molecule has 2 aromatic carbocycles. The highest BCUT2D eigenvalue weighted by atomic mass is 16.5. The second kappa shape index (κ2) is 11.7. The molecule has 0 spiro atoms. The Labute approximate surface area is 178 Å². The van der Waals surface area contributed by atoms with Crippen molar-refractivity contribution in [2.45, 2.75) is 44.1 Å². The van der Waals surface area contributed by atoms with Crippen LogP contribution in [0.25, 0.3) is 0 Å². The van der Waals surface area contributed by atoms with E-state index in [0.717, 1.165) is 30.5 Å². The largest absolute Gasteiger partial charge is 0.445 e. The van der Waals surface area contributed by atoms with Crippen LogP contribution in [0.5, 0.6) is 0 Å². The highest BCUT2D eigenvalue weighted by Gasteiger charge is 2.30. The number of methoxy groups -OCH3 is 1. The molecule has 1 aliphatic heterocycles. The normalized spacial score (nSPS) is 18.7. The van der Waals surface area contributed by atoms with Crippen LogP contribution in [0.4, 0.5) is 4.79 Å². The predicted octanol–water partition coefficient (Wildman–Crippen LogP) is 3.00. The number of nitrogens with one attached hydrogen (secondary N) is 1. The molecule has 0 unspecified atom stereocenters. The van der Waals surface area contributed by atoms with Gasteiger partial charge in [-0.3, -0.25) is 4.90 Å². The van der Waals surface area contributed by atoms with Crippen molar-refractivity contribution in [2.75, 3.05) is 26.8 Å². The minimum Gasteiger partial charge on any atom is -0.445 e. The van der Waals surface area contributed by atoms with E-state index in [9.17, 15) is 9.90 Å². The van der Waals surface area contributed by atoms with Gasteiger partial charge < -0.3 is 19.9 Å². The first-order valence-electron chi connectivity index (χ1n) is 10.6. The van der Waals surface area contributed by atoms with Crippen LogP contribution in [-0.4, -0.2) is 61.1 Å². The zero-order valence-electron chi connectivity index (χ0n) is 17.6. The van der Waals surface area contributed by atoms with Gasteiger partial charge in [-0.15, -0.1) is 0 Å². The number of carbonyl (C=O) groups is 1. The maximum Gasteiger partial charge on any atom is 0.407 e. The summed E-state index contributed by atoms with van der Waals surface area (Å²) >= 11 is 0. The number of nitrogens with zero attached hydrogens (tertiary/aromatic N) is 1. The highest BCUT2D eigenvalue weighted by molar-refractivity contribution is 5.67. The number of likely N-dealkylation sites (tertiary alicyclic amines) is 1. The first-order valence-corrected chi connectivity index (χ1v) is 10.6. The van der Waals surface area contributed by atoms with Crippen molar-refractivity contribution in [2.24, 2.45) is 0 Å².